The van der Waals surface area contributed by atoms with Crippen molar-refractivity contribution >= 4 is 23.8 Å². The fraction of sp³-hybridized carbons (Fsp3) is 0.474. The Labute approximate surface area is 162 Å². The molecule has 1 aromatic rings. The van der Waals surface area contributed by atoms with Crippen LogP contribution in [0.25, 0.3) is 0 Å². The average molecular weight is 389 g/mol. The molecule has 0 saturated carbocycles. The van der Waals surface area contributed by atoms with Gasteiger partial charge in [-0.2, -0.15) is 0 Å². The Morgan fingerprint density at radius 3 is 2.50 bits per heavy atom. The molecular formula is C19H23N3O6. The summed E-state index contributed by atoms with van der Waals surface area (Å²) in [5.41, 5.74) is 0.789. The third-order valence-electron chi connectivity index (χ3n) is 4.62. The molecule has 1 saturated heterocycles. The molecule has 5 amide bonds. The van der Waals surface area contributed by atoms with E-state index in [0.29, 0.717) is 36.0 Å². The van der Waals surface area contributed by atoms with Crippen LogP contribution in [0.4, 0.5) is 4.79 Å². The average Bonchev–Trinajstić information content (AvgIpc) is 2.89. The maximum absolute atomic E-state index is 12.3. The van der Waals surface area contributed by atoms with Gasteiger partial charge in [-0.05, 0) is 31.0 Å². The predicted octanol–water partition coefficient (Wildman–Crippen LogP) is 1.23. The predicted molar refractivity (Wildman–Crippen MR) is 97.7 cm³/mol. The van der Waals surface area contributed by atoms with Crippen molar-refractivity contribution in [2.24, 2.45) is 0 Å². The number of amides is 5. The third kappa shape index (κ3) is 3.92. The van der Waals surface area contributed by atoms with Gasteiger partial charge in [0.25, 0.3) is 0 Å². The molecule has 2 heterocycles. The van der Waals surface area contributed by atoms with Gasteiger partial charge < -0.3 is 14.8 Å². The lowest BCUT2D eigenvalue weighted by Gasteiger charge is -2.21. The molecule has 1 aromatic carbocycles. The summed E-state index contributed by atoms with van der Waals surface area (Å²) in [5.74, 6) is -1.14. The van der Waals surface area contributed by atoms with E-state index in [4.69, 9.17) is 9.47 Å². The summed E-state index contributed by atoms with van der Waals surface area (Å²) >= 11 is 0. The van der Waals surface area contributed by atoms with Gasteiger partial charge in [0.05, 0.1) is 6.04 Å². The second-order valence-electron chi connectivity index (χ2n) is 6.68. The van der Waals surface area contributed by atoms with Crippen LogP contribution >= 0.6 is 0 Å². The Hall–Kier alpha value is -3.10. The molecular weight excluding hydrogens is 366 g/mol. The van der Waals surface area contributed by atoms with Gasteiger partial charge in [0.1, 0.15) is 19.8 Å². The highest BCUT2D eigenvalue weighted by molar-refractivity contribution is 6.45. The molecule has 0 aromatic heterocycles. The first kappa shape index (κ1) is 19.7. The van der Waals surface area contributed by atoms with Crippen molar-refractivity contribution in [1.29, 1.82) is 0 Å². The summed E-state index contributed by atoms with van der Waals surface area (Å²) < 4.78 is 11.0. The molecule has 0 bridgehead atoms. The van der Waals surface area contributed by atoms with E-state index in [1.807, 2.05) is 6.92 Å². The second kappa shape index (κ2) is 8.28. The van der Waals surface area contributed by atoms with E-state index in [0.717, 1.165) is 16.9 Å². The van der Waals surface area contributed by atoms with Crippen LogP contribution in [0.15, 0.2) is 18.2 Å². The highest BCUT2D eigenvalue weighted by Crippen LogP contribution is 2.32. The fourth-order valence-electron chi connectivity index (χ4n) is 3.05. The number of imide groups is 2. The molecule has 1 atom stereocenters. The van der Waals surface area contributed by atoms with Crippen molar-refractivity contribution in [3.8, 4) is 11.5 Å². The lowest BCUT2D eigenvalue weighted by molar-refractivity contribution is -0.144. The van der Waals surface area contributed by atoms with Gasteiger partial charge in [-0.15, -0.1) is 0 Å². The molecule has 0 aliphatic carbocycles. The van der Waals surface area contributed by atoms with Crippen molar-refractivity contribution in [3.05, 3.63) is 23.8 Å². The molecule has 150 valence electrons. The van der Waals surface area contributed by atoms with Crippen molar-refractivity contribution in [1.82, 2.24) is 15.1 Å². The summed E-state index contributed by atoms with van der Waals surface area (Å²) in [4.78, 5) is 50.2. The minimum Gasteiger partial charge on any atom is -0.486 e. The number of ether oxygens (including phenoxy) is 2. The van der Waals surface area contributed by atoms with Gasteiger partial charge in [0, 0.05) is 6.54 Å². The standard InChI is InChI=1S/C19H23N3O6/c1-3-4-7-21-17(24)18(25)22(19(21)26)11-16(23)20-12(2)13-5-6-14-15(10-13)28-9-8-27-14/h5-6,10,12H,3-4,7-9,11H2,1-2H3,(H,20,23)/t12-/m1/s1. The van der Waals surface area contributed by atoms with Crippen molar-refractivity contribution in [3.63, 3.8) is 0 Å². The van der Waals surface area contributed by atoms with E-state index in [-0.39, 0.29) is 12.6 Å². The molecule has 2 aliphatic heterocycles. The van der Waals surface area contributed by atoms with E-state index in [1.54, 1.807) is 25.1 Å². The van der Waals surface area contributed by atoms with E-state index >= 15 is 0 Å². The molecule has 1 N–H and O–H groups in total. The van der Waals surface area contributed by atoms with Crippen molar-refractivity contribution < 1.29 is 28.7 Å². The number of fused-ring (bicyclic) bond motifs is 1. The van der Waals surface area contributed by atoms with E-state index in [2.05, 4.69) is 5.32 Å². The SMILES string of the molecule is CCCCN1C(=O)C(=O)N(CC(=O)N[C@H](C)c2ccc3c(c2)OCCO3)C1=O. The normalized spacial score (nSPS) is 17.1. The molecule has 3 rings (SSSR count). The topological polar surface area (TPSA) is 105 Å². The van der Waals surface area contributed by atoms with Crippen LogP contribution in [0.2, 0.25) is 0 Å². The van der Waals surface area contributed by atoms with Crippen LogP contribution in [0.1, 0.15) is 38.3 Å². The zero-order valence-corrected chi connectivity index (χ0v) is 15.9. The zero-order chi connectivity index (χ0) is 20.3. The van der Waals surface area contributed by atoms with Crippen molar-refractivity contribution in [2.75, 3.05) is 26.3 Å². The quantitative estimate of drug-likeness (QED) is 0.555. The monoisotopic (exact) mass is 389 g/mol. The largest absolute Gasteiger partial charge is 0.486 e. The van der Waals surface area contributed by atoms with Crippen LogP contribution in [0, 0.1) is 0 Å². The minimum absolute atomic E-state index is 0.172. The Bertz CT molecular complexity index is 809. The number of hydrogen-bond acceptors (Lipinski definition) is 6. The Kier molecular flexibility index (Phi) is 5.81. The third-order valence-corrected chi connectivity index (χ3v) is 4.62. The van der Waals surface area contributed by atoms with Crippen molar-refractivity contribution in [2.45, 2.75) is 32.7 Å². The Morgan fingerprint density at radius 2 is 1.79 bits per heavy atom. The molecule has 9 nitrogen and oxygen atoms in total. The van der Waals surface area contributed by atoms with Gasteiger partial charge >= 0.3 is 17.8 Å². The molecule has 0 unspecified atom stereocenters. The first-order valence-electron chi connectivity index (χ1n) is 9.28. The molecule has 2 aliphatic rings. The number of benzene rings is 1. The first-order valence-corrected chi connectivity index (χ1v) is 9.28. The van der Waals surface area contributed by atoms with Gasteiger partial charge in [-0.1, -0.05) is 19.4 Å². The number of hydrogen-bond donors (Lipinski definition) is 1. The molecule has 0 radical (unpaired) electrons. The fourth-order valence-corrected chi connectivity index (χ4v) is 3.05. The Balaban J connectivity index is 1.61. The number of urea groups is 1. The first-order chi connectivity index (χ1) is 13.4. The maximum Gasteiger partial charge on any atom is 0.334 e. The molecule has 9 heteroatoms. The number of unbranched alkanes of at least 4 members (excludes halogenated alkanes) is 1. The lowest BCUT2D eigenvalue weighted by Crippen LogP contribution is -2.42. The molecule has 1 fully saturated rings. The summed E-state index contributed by atoms with van der Waals surface area (Å²) in [7, 11) is 0. The van der Waals surface area contributed by atoms with Gasteiger partial charge in [0.2, 0.25) is 5.91 Å². The van der Waals surface area contributed by atoms with Crippen LogP contribution in [-0.4, -0.2) is 59.9 Å². The van der Waals surface area contributed by atoms with Gasteiger partial charge in [-0.25, -0.2) is 9.69 Å². The number of carbonyl (C=O) groups is 4. The summed E-state index contributed by atoms with van der Waals surface area (Å²) in [5, 5.41) is 2.73. The smallest absolute Gasteiger partial charge is 0.334 e. The molecule has 0 spiro atoms. The van der Waals surface area contributed by atoms with E-state index in [1.165, 1.54) is 0 Å². The van der Waals surface area contributed by atoms with Crippen LogP contribution in [0.5, 0.6) is 11.5 Å². The molecule has 28 heavy (non-hydrogen) atoms. The highest BCUT2D eigenvalue weighted by atomic mass is 16.6. The van der Waals surface area contributed by atoms with Gasteiger partial charge in [0.15, 0.2) is 11.5 Å². The number of nitrogens with one attached hydrogen (secondary N) is 1. The summed E-state index contributed by atoms with van der Waals surface area (Å²) in [6.07, 6.45) is 1.38. The van der Waals surface area contributed by atoms with E-state index < -0.39 is 30.3 Å². The summed E-state index contributed by atoms with van der Waals surface area (Å²) in [6.45, 7) is 4.31. The number of carbonyl (C=O) groups excluding carboxylic acids is 4. The number of nitrogens with zero attached hydrogens (tertiary/aromatic N) is 2. The van der Waals surface area contributed by atoms with E-state index in [9.17, 15) is 19.2 Å². The number of rotatable bonds is 7. The lowest BCUT2D eigenvalue weighted by atomic mass is 10.1. The highest BCUT2D eigenvalue weighted by Gasteiger charge is 2.44. The maximum atomic E-state index is 12.3. The minimum atomic E-state index is -0.969. The summed E-state index contributed by atoms with van der Waals surface area (Å²) in [6, 6.07) is 4.22. The van der Waals surface area contributed by atoms with Gasteiger partial charge in [-0.3, -0.25) is 19.3 Å². The van der Waals surface area contributed by atoms with Crippen LogP contribution in [-0.2, 0) is 14.4 Å². The van der Waals surface area contributed by atoms with Crippen LogP contribution in [0.3, 0.4) is 0 Å². The Morgan fingerprint density at radius 1 is 1.11 bits per heavy atom. The second-order valence-corrected chi connectivity index (χ2v) is 6.68. The van der Waals surface area contributed by atoms with Crippen LogP contribution < -0.4 is 14.8 Å². The zero-order valence-electron chi connectivity index (χ0n) is 15.9.